The van der Waals surface area contributed by atoms with E-state index < -0.39 is 97.5 Å². The van der Waals surface area contributed by atoms with Crippen molar-refractivity contribution in [1.29, 1.82) is 0 Å². The van der Waals surface area contributed by atoms with Gasteiger partial charge in [0.15, 0.2) is 12.2 Å². The number of ether oxygens (including phenoxy) is 4. The molecule has 3 unspecified atom stereocenters. The minimum absolute atomic E-state index is 0.0841. The smallest absolute Gasteiger partial charge is 0.462 e. The van der Waals surface area contributed by atoms with Crippen molar-refractivity contribution >= 4 is 39.5 Å². The predicted octanol–water partition coefficient (Wildman–Crippen LogP) is 24.1. The van der Waals surface area contributed by atoms with E-state index in [4.69, 9.17) is 37.0 Å². The number of hydrogen-bond donors (Lipinski definition) is 3. The molecule has 101 heavy (non-hydrogen) atoms. The number of esters is 4. The quantitative estimate of drug-likeness (QED) is 0.0169. The number of unbranched alkanes of at least 4 members (excludes halogenated alkanes) is 42. The van der Waals surface area contributed by atoms with Gasteiger partial charge in [-0.15, -0.1) is 0 Å². The third kappa shape index (κ3) is 74.2. The van der Waals surface area contributed by atoms with Crippen LogP contribution in [0.5, 0.6) is 0 Å². The number of phosphoric ester groups is 2. The molecule has 0 aromatic carbocycles. The highest BCUT2D eigenvalue weighted by Gasteiger charge is 2.30. The average Bonchev–Trinajstić information content (AvgIpc) is 0.922. The molecule has 0 heterocycles. The lowest BCUT2D eigenvalue weighted by molar-refractivity contribution is -0.161. The molecular formula is C82H156O17P2. The first kappa shape index (κ1) is 98.5. The molecular weight excluding hydrogens is 1320 g/mol. The number of aliphatic hydroxyl groups is 1. The summed E-state index contributed by atoms with van der Waals surface area (Å²) in [6.45, 7) is 11.9. The molecule has 6 atom stereocenters. The Balaban J connectivity index is 5.27. The minimum atomic E-state index is -4.97. The molecule has 596 valence electrons. The Labute approximate surface area is 618 Å². The number of hydrogen-bond acceptors (Lipinski definition) is 15. The fourth-order valence-electron chi connectivity index (χ4n) is 12.1. The third-order valence-corrected chi connectivity index (χ3v) is 20.8. The molecule has 19 heteroatoms. The van der Waals surface area contributed by atoms with Gasteiger partial charge in [0.05, 0.1) is 26.4 Å². The molecule has 0 aliphatic rings. The van der Waals surface area contributed by atoms with Gasteiger partial charge < -0.3 is 33.8 Å². The van der Waals surface area contributed by atoms with Crippen molar-refractivity contribution in [3.63, 3.8) is 0 Å². The maximum Gasteiger partial charge on any atom is 0.472 e. The van der Waals surface area contributed by atoms with Crippen molar-refractivity contribution in [3.05, 3.63) is 24.3 Å². The van der Waals surface area contributed by atoms with E-state index in [0.29, 0.717) is 25.7 Å². The average molecular weight is 1480 g/mol. The van der Waals surface area contributed by atoms with Gasteiger partial charge in [0, 0.05) is 25.7 Å². The number of allylic oxidation sites excluding steroid dienone is 4. The van der Waals surface area contributed by atoms with Crippen LogP contribution < -0.4 is 0 Å². The van der Waals surface area contributed by atoms with Gasteiger partial charge in [0.2, 0.25) is 0 Å². The largest absolute Gasteiger partial charge is 0.472 e. The van der Waals surface area contributed by atoms with Gasteiger partial charge in [-0.05, 0) is 69.1 Å². The van der Waals surface area contributed by atoms with Crippen molar-refractivity contribution in [1.82, 2.24) is 0 Å². The molecule has 0 bridgehead atoms. The number of carbonyl (C=O) groups is 4. The summed E-state index contributed by atoms with van der Waals surface area (Å²) >= 11 is 0. The molecule has 17 nitrogen and oxygen atoms in total. The Kier molecular flexibility index (Phi) is 70.0. The van der Waals surface area contributed by atoms with Gasteiger partial charge in [0.25, 0.3) is 0 Å². The van der Waals surface area contributed by atoms with Crippen molar-refractivity contribution in [2.24, 2.45) is 17.8 Å². The highest BCUT2D eigenvalue weighted by atomic mass is 31.2. The maximum atomic E-state index is 13.1. The zero-order valence-electron chi connectivity index (χ0n) is 65.9. The van der Waals surface area contributed by atoms with Gasteiger partial charge >= 0.3 is 39.5 Å². The van der Waals surface area contributed by atoms with E-state index >= 15 is 0 Å². The van der Waals surface area contributed by atoms with Crippen molar-refractivity contribution in [2.75, 3.05) is 39.6 Å². The van der Waals surface area contributed by atoms with Gasteiger partial charge in [-0.1, -0.05) is 349 Å². The van der Waals surface area contributed by atoms with Crippen LogP contribution in [-0.2, 0) is 65.4 Å². The molecule has 3 N–H and O–H groups in total. The number of rotatable bonds is 78. The first-order valence-electron chi connectivity index (χ1n) is 41.7. The van der Waals surface area contributed by atoms with Crippen LogP contribution in [-0.4, -0.2) is 96.7 Å². The SMILES string of the molecule is CCCCCC/C=C\C=C/CCCCCCCC(=O)O[C@H](COC(=O)CCCCCCCCC(C)CC)COP(=O)(O)OC[C@H](O)COP(=O)(O)OC[C@@H](COC(=O)CCCCCCCCCCCCCCCCCCC(C)C)OC(=O)CCCCCCCCCCCCCCCCC(C)C. The first-order valence-corrected chi connectivity index (χ1v) is 44.7. The predicted molar refractivity (Wildman–Crippen MR) is 414 cm³/mol. The van der Waals surface area contributed by atoms with Gasteiger partial charge in [-0.2, -0.15) is 0 Å². The fourth-order valence-corrected chi connectivity index (χ4v) is 13.7. The van der Waals surface area contributed by atoms with Crippen LogP contribution >= 0.6 is 15.6 Å². The van der Waals surface area contributed by atoms with Crippen LogP contribution in [0.25, 0.3) is 0 Å². The van der Waals surface area contributed by atoms with Gasteiger partial charge in [0.1, 0.15) is 19.3 Å². The highest BCUT2D eigenvalue weighted by molar-refractivity contribution is 7.47. The molecule has 0 rings (SSSR count). The molecule has 0 aliphatic heterocycles. The number of aliphatic hydroxyl groups excluding tert-OH is 1. The Morgan fingerprint density at radius 3 is 0.881 bits per heavy atom. The van der Waals surface area contributed by atoms with Crippen LogP contribution in [0.15, 0.2) is 24.3 Å². The van der Waals surface area contributed by atoms with E-state index in [1.54, 1.807) is 0 Å². The van der Waals surface area contributed by atoms with E-state index in [2.05, 4.69) is 72.8 Å². The zero-order chi connectivity index (χ0) is 74.4. The second-order valence-electron chi connectivity index (χ2n) is 30.0. The lowest BCUT2D eigenvalue weighted by Gasteiger charge is -2.21. The molecule has 0 saturated heterocycles. The van der Waals surface area contributed by atoms with E-state index in [1.165, 1.54) is 193 Å². The van der Waals surface area contributed by atoms with Crippen LogP contribution in [0.1, 0.15) is 402 Å². The Morgan fingerprint density at radius 2 is 0.584 bits per heavy atom. The second-order valence-corrected chi connectivity index (χ2v) is 32.9. The molecule has 0 amide bonds. The van der Waals surface area contributed by atoms with Crippen LogP contribution in [0.2, 0.25) is 0 Å². The molecule has 0 spiro atoms. The topological polar surface area (TPSA) is 237 Å². The molecule has 0 aromatic rings. The molecule has 0 radical (unpaired) electrons. The lowest BCUT2D eigenvalue weighted by atomic mass is 10.00. The van der Waals surface area contributed by atoms with Gasteiger partial charge in [-0.3, -0.25) is 37.3 Å². The standard InChI is InChI=1S/C82H156O17P2/c1-8-10-11-12-13-14-15-16-19-27-32-37-42-51-58-66-82(87)99-78(70-93-80(85)64-57-50-45-44-48-55-62-75(7)9-2)72-97-101(90,91)95-68-76(83)67-94-100(88,89)96-71-77(98-81(86)65-59-52-43-38-33-28-23-22-25-30-35-40-47-54-61-74(5)6)69-92-79(84)63-56-49-41-36-31-26-21-18-17-20-24-29-34-39-46-53-60-73(3)4/h14-16,19,73-78,83H,8-13,17-18,20-72H2,1-7H3,(H,88,89)(H,90,91)/b15-14-,19-16-/t75?,76-,77-,78-/m1/s1. The summed E-state index contributed by atoms with van der Waals surface area (Å²) in [4.78, 5) is 73.0. The summed E-state index contributed by atoms with van der Waals surface area (Å²) in [5, 5.41) is 10.6. The Hall–Kier alpha value is -2.46. The normalized spacial score (nSPS) is 14.4. The summed E-state index contributed by atoms with van der Waals surface area (Å²) in [5.41, 5.74) is 0. The van der Waals surface area contributed by atoms with Crippen LogP contribution in [0.4, 0.5) is 0 Å². The zero-order valence-corrected chi connectivity index (χ0v) is 67.6. The molecule has 0 aromatic heterocycles. The first-order chi connectivity index (χ1) is 48.8. The summed E-state index contributed by atoms with van der Waals surface area (Å²) in [7, 11) is -9.94. The fraction of sp³-hybridized carbons (Fsp3) is 0.902. The molecule has 0 aliphatic carbocycles. The number of phosphoric acid groups is 2. The minimum Gasteiger partial charge on any atom is -0.462 e. The Bertz CT molecular complexity index is 2050. The van der Waals surface area contributed by atoms with Crippen molar-refractivity contribution < 1.29 is 80.2 Å². The van der Waals surface area contributed by atoms with Crippen LogP contribution in [0.3, 0.4) is 0 Å². The van der Waals surface area contributed by atoms with E-state index in [1.807, 2.05) is 0 Å². The van der Waals surface area contributed by atoms with Gasteiger partial charge in [-0.25, -0.2) is 9.13 Å². The lowest BCUT2D eigenvalue weighted by Crippen LogP contribution is -2.30. The van der Waals surface area contributed by atoms with E-state index in [9.17, 15) is 43.2 Å². The highest BCUT2D eigenvalue weighted by Crippen LogP contribution is 2.45. The summed E-state index contributed by atoms with van der Waals surface area (Å²) < 4.78 is 68.7. The second kappa shape index (κ2) is 71.8. The van der Waals surface area contributed by atoms with E-state index in [0.717, 1.165) is 127 Å². The third-order valence-electron chi connectivity index (χ3n) is 18.9. The maximum absolute atomic E-state index is 13.1. The molecule has 0 fully saturated rings. The van der Waals surface area contributed by atoms with Crippen molar-refractivity contribution in [3.8, 4) is 0 Å². The monoisotopic (exact) mass is 1480 g/mol. The number of carbonyl (C=O) groups excluding carboxylic acids is 4. The summed E-state index contributed by atoms with van der Waals surface area (Å²) in [6, 6.07) is 0. The Morgan fingerprint density at radius 1 is 0.327 bits per heavy atom. The van der Waals surface area contributed by atoms with E-state index in [-0.39, 0.29) is 25.7 Å². The van der Waals surface area contributed by atoms with Crippen LogP contribution in [0, 0.1) is 17.8 Å². The van der Waals surface area contributed by atoms with Crippen molar-refractivity contribution in [2.45, 2.75) is 420 Å². The summed E-state index contributed by atoms with van der Waals surface area (Å²) in [5.74, 6) is 0.191. The summed E-state index contributed by atoms with van der Waals surface area (Å²) in [6.07, 6.45) is 63.3. The molecule has 0 saturated carbocycles.